The van der Waals surface area contributed by atoms with E-state index < -0.39 is 0 Å². The summed E-state index contributed by atoms with van der Waals surface area (Å²) in [4.78, 5) is 0. The Hall–Kier alpha value is 2.12. The minimum absolute atomic E-state index is 0. The molecule has 0 aliphatic heterocycles. The molecule has 0 aromatic rings. The summed E-state index contributed by atoms with van der Waals surface area (Å²) >= 11 is 2.15. The van der Waals surface area contributed by atoms with Gasteiger partial charge in [-0.3, -0.25) is 0 Å². The van der Waals surface area contributed by atoms with Crippen molar-refractivity contribution in [3.8, 4) is 0 Å². The minimum atomic E-state index is 0. The van der Waals surface area contributed by atoms with Gasteiger partial charge in [0.1, 0.15) is 0 Å². The number of unbranched alkanes of at least 4 members (excludes halogenated alkanes) is 1. The number of hydrogen-bond donors (Lipinski definition) is 0. The standard InChI is InChI=1S/C4H9.2CH3.2Al.BrH.2ClH.2H/c1-3-4-2;;;;;;;;;/h1,3-4H2,2H3;2*1H3;;;3*1H;;. The quantitative estimate of drug-likeness (QED) is 0.687. The maximum atomic E-state index is 2.23. The van der Waals surface area contributed by atoms with E-state index in [0.29, 0.717) is 0 Å². The molecule has 0 aromatic heterocycles. The van der Waals surface area contributed by atoms with Crippen LogP contribution in [0.25, 0.3) is 0 Å². The third-order valence-electron chi connectivity index (χ3n) is 0.707. The molecule has 0 spiro atoms. The Balaban J connectivity index is -0.0000000183. The zero-order valence-corrected chi connectivity index (χ0v) is 14.4. The highest BCUT2D eigenvalue weighted by atomic mass is 79.9. The molecule has 0 N–H and O–H groups in total. The van der Waals surface area contributed by atoms with E-state index in [1.807, 2.05) is 0 Å². The predicted molar refractivity (Wildman–Crippen MR) is 70.6 cm³/mol. The van der Waals surface area contributed by atoms with Crippen molar-refractivity contribution in [2.24, 2.45) is 0 Å². The maximum absolute atomic E-state index is 2.23. The van der Waals surface area contributed by atoms with Gasteiger partial charge in [0.2, 0.25) is 16.3 Å². The molecule has 0 heterocycles. The topological polar surface area (TPSA) is 0 Å². The Kier molecular flexibility index (Phi) is 106. The molecule has 0 atom stereocenters. The molecular formula is C6H20Al2BrCl2. The zero-order valence-electron chi connectivity index (χ0n) is 7.92. The minimum Gasteiger partial charge on any atom is -0.147 e. The van der Waals surface area contributed by atoms with Gasteiger partial charge in [0.05, 0.1) is 0 Å². The molecule has 1 radical (unpaired) electrons. The van der Waals surface area contributed by atoms with Crippen molar-refractivity contribution in [2.45, 2.75) is 36.6 Å². The van der Waals surface area contributed by atoms with E-state index in [2.05, 4.69) is 18.5 Å². The van der Waals surface area contributed by atoms with Crippen LogP contribution in [-0.2, 0) is 0 Å². The summed E-state index contributed by atoms with van der Waals surface area (Å²) in [6.45, 7) is 2.23. The molecule has 0 saturated heterocycles. The number of rotatable bonds is 2. The van der Waals surface area contributed by atoms with Crippen molar-refractivity contribution in [1.29, 1.82) is 0 Å². The average Bonchev–Trinajstić information content (AvgIpc) is 1.71. The third kappa shape index (κ3) is 73.1. The first-order valence-electron chi connectivity index (χ1n) is 3.57. The largest absolute Gasteiger partial charge is 0.211 e. The van der Waals surface area contributed by atoms with Crippen LogP contribution >= 0.6 is 41.8 Å². The van der Waals surface area contributed by atoms with E-state index in [1.165, 1.54) is 34.4 Å². The Bertz CT molecular complexity index is 32.5. The van der Waals surface area contributed by atoms with Gasteiger partial charge in [-0.15, -0.1) is 58.6 Å². The molecule has 0 bridgehead atoms. The normalized spacial score (nSPS) is 5.00. The lowest BCUT2D eigenvalue weighted by atomic mass is 10.4. The molecule has 5 heteroatoms. The first-order chi connectivity index (χ1) is 3.83. The van der Waals surface area contributed by atoms with Crippen LogP contribution in [0.3, 0.4) is 0 Å². The SMILES string of the molecule is Br.CCC[CH2][AlH2].Cl.Cl.[CH3][Al][CH3]. The van der Waals surface area contributed by atoms with Crippen LogP contribution in [0.4, 0.5) is 0 Å². The Morgan fingerprint density at radius 3 is 1.45 bits per heavy atom. The smallest absolute Gasteiger partial charge is 0.147 e. The fraction of sp³-hybridized carbons (Fsp3) is 1.00. The monoisotopic (exact) mass is 295 g/mol. The first kappa shape index (κ1) is 29.2. The molecule has 0 aromatic carbocycles. The van der Waals surface area contributed by atoms with Gasteiger partial charge < -0.3 is 0 Å². The third-order valence-corrected chi connectivity index (χ3v) is 1.41. The number of halogens is 3. The van der Waals surface area contributed by atoms with Crippen LogP contribution in [-0.4, -0.2) is 31.5 Å². The van der Waals surface area contributed by atoms with Gasteiger partial charge >= 0.3 is 0 Å². The highest BCUT2D eigenvalue weighted by Gasteiger charge is 1.69. The molecule has 0 rings (SSSR count). The Morgan fingerprint density at radius 2 is 1.45 bits per heavy atom. The second-order valence-electron chi connectivity index (χ2n) is 1.93. The maximum Gasteiger partial charge on any atom is 0.211 e. The summed E-state index contributed by atoms with van der Waals surface area (Å²) in [6, 6.07) is 0. The fourth-order valence-electron chi connectivity index (χ4n) is 0.354. The van der Waals surface area contributed by atoms with Crippen molar-refractivity contribution < 1.29 is 0 Å². The van der Waals surface area contributed by atoms with Crippen molar-refractivity contribution >= 4 is 73.3 Å². The van der Waals surface area contributed by atoms with E-state index in [4.69, 9.17) is 0 Å². The summed E-state index contributed by atoms with van der Waals surface area (Å²) in [7, 11) is 0. The van der Waals surface area contributed by atoms with Gasteiger partial charge in [0, 0.05) is 0 Å². The van der Waals surface area contributed by atoms with Gasteiger partial charge in [0.25, 0.3) is 0 Å². The number of hydrogen-bond acceptors (Lipinski definition) is 0. The van der Waals surface area contributed by atoms with E-state index in [9.17, 15) is 0 Å². The highest BCUT2D eigenvalue weighted by Crippen LogP contribution is 1.86. The molecule has 0 aliphatic carbocycles. The lowest BCUT2D eigenvalue weighted by Gasteiger charge is -1.78. The average molecular weight is 297 g/mol. The van der Waals surface area contributed by atoms with Crippen LogP contribution in [0.1, 0.15) is 19.8 Å². The van der Waals surface area contributed by atoms with Gasteiger partial charge in [-0.2, -0.15) is 0 Å². The van der Waals surface area contributed by atoms with Crippen LogP contribution in [0.15, 0.2) is 0 Å². The Labute approximate surface area is 109 Å². The lowest BCUT2D eigenvalue weighted by Crippen LogP contribution is -1.63. The van der Waals surface area contributed by atoms with Crippen LogP contribution in [0, 0.1) is 0 Å². The molecular weight excluding hydrogens is 277 g/mol. The molecule has 0 fully saturated rings. The molecule has 11 heavy (non-hydrogen) atoms. The lowest BCUT2D eigenvalue weighted by molar-refractivity contribution is 0.884. The molecule has 0 nitrogen and oxygen atoms in total. The molecule has 0 saturated carbocycles. The summed E-state index contributed by atoms with van der Waals surface area (Å²) in [6.07, 6.45) is 2.83. The summed E-state index contributed by atoms with van der Waals surface area (Å²) in [5, 5.41) is 1.48. The van der Waals surface area contributed by atoms with E-state index >= 15 is 0 Å². The van der Waals surface area contributed by atoms with Crippen LogP contribution in [0.5, 0.6) is 0 Å². The van der Waals surface area contributed by atoms with Gasteiger partial charge in [-0.25, -0.2) is 0 Å². The van der Waals surface area contributed by atoms with Gasteiger partial charge in [-0.05, 0) is 0 Å². The second-order valence-corrected chi connectivity index (χ2v) is 4.09. The summed E-state index contributed by atoms with van der Waals surface area (Å²) in [5.41, 5.74) is 0. The zero-order chi connectivity index (χ0) is 6.83. The predicted octanol–water partition coefficient (Wildman–Crippen LogP) is 3.05. The van der Waals surface area contributed by atoms with Gasteiger partial charge in [0.15, 0.2) is 15.2 Å². The summed E-state index contributed by atoms with van der Waals surface area (Å²) in [5.74, 6) is 4.42. The first-order valence-corrected chi connectivity index (χ1v) is 7.29. The molecule has 71 valence electrons. The fourth-order valence-corrected chi connectivity index (χ4v) is 1.06. The molecule has 0 aliphatic rings. The highest BCUT2D eigenvalue weighted by molar-refractivity contribution is 8.93. The molecule has 0 unspecified atom stereocenters. The van der Waals surface area contributed by atoms with Crippen molar-refractivity contribution in [3.05, 3.63) is 0 Å². The van der Waals surface area contributed by atoms with Crippen LogP contribution < -0.4 is 0 Å². The van der Waals surface area contributed by atoms with Crippen molar-refractivity contribution in [3.63, 3.8) is 0 Å². The van der Waals surface area contributed by atoms with Crippen molar-refractivity contribution in [1.82, 2.24) is 0 Å². The van der Waals surface area contributed by atoms with Gasteiger partial charge in [-0.1, -0.05) is 19.8 Å². The molecule has 0 amide bonds. The van der Waals surface area contributed by atoms with E-state index in [0.717, 1.165) is 15.2 Å². The van der Waals surface area contributed by atoms with Crippen molar-refractivity contribution in [2.75, 3.05) is 0 Å². The summed E-state index contributed by atoms with van der Waals surface area (Å²) < 4.78 is 0. The second kappa shape index (κ2) is 40.0. The van der Waals surface area contributed by atoms with Crippen LogP contribution in [0.2, 0.25) is 16.9 Å². The Morgan fingerprint density at radius 1 is 1.18 bits per heavy atom. The van der Waals surface area contributed by atoms with E-state index in [-0.39, 0.29) is 41.8 Å². The van der Waals surface area contributed by atoms with E-state index in [1.54, 1.807) is 0 Å².